The van der Waals surface area contributed by atoms with Gasteiger partial charge in [0.05, 0.1) is 12.1 Å². The maximum absolute atomic E-state index is 12.4. The molecule has 2 heterocycles. The number of anilines is 2. The minimum absolute atomic E-state index is 0.117. The van der Waals surface area contributed by atoms with Crippen molar-refractivity contribution in [2.24, 2.45) is 0 Å². The molecule has 2 aliphatic rings. The molecule has 2 aliphatic heterocycles. The van der Waals surface area contributed by atoms with Gasteiger partial charge in [0.15, 0.2) is 0 Å². The summed E-state index contributed by atoms with van der Waals surface area (Å²) in [7, 11) is 0. The summed E-state index contributed by atoms with van der Waals surface area (Å²) in [5.74, 6) is 0.0529. The van der Waals surface area contributed by atoms with Crippen molar-refractivity contribution in [3.05, 3.63) is 58.7 Å². The maximum Gasteiger partial charge on any atom is 0.255 e. The van der Waals surface area contributed by atoms with Gasteiger partial charge in [-0.15, -0.1) is 0 Å². The van der Waals surface area contributed by atoms with Crippen LogP contribution in [0.1, 0.15) is 33.5 Å². The van der Waals surface area contributed by atoms with E-state index in [0.717, 1.165) is 41.9 Å². The summed E-state index contributed by atoms with van der Waals surface area (Å²) in [6, 6.07) is 11.5. The highest BCUT2D eigenvalue weighted by atomic mass is 16.2. The standard InChI is InChI=1S/C19H18N2O2/c1-12-4-6-13(7-5-12)19(23)20-16-9-14-3-2-8-21-17(22)11-15(10-16)18(14)21/h4-7,9-10H,2-3,8,11H2,1H3,(H,20,23). The molecule has 116 valence electrons. The van der Waals surface area contributed by atoms with Gasteiger partial charge in [-0.25, -0.2) is 0 Å². The van der Waals surface area contributed by atoms with Gasteiger partial charge in [0.25, 0.3) is 5.91 Å². The van der Waals surface area contributed by atoms with Crippen LogP contribution in [0.25, 0.3) is 0 Å². The number of hydrogen-bond acceptors (Lipinski definition) is 2. The van der Waals surface area contributed by atoms with Gasteiger partial charge in [-0.05, 0) is 55.2 Å². The topological polar surface area (TPSA) is 49.4 Å². The summed E-state index contributed by atoms with van der Waals surface area (Å²) in [5, 5.41) is 2.97. The molecular weight excluding hydrogens is 288 g/mol. The van der Waals surface area contributed by atoms with Gasteiger partial charge in [-0.3, -0.25) is 9.59 Å². The Kier molecular flexibility index (Phi) is 3.18. The van der Waals surface area contributed by atoms with E-state index in [0.29, 0.717) is 12.0 Å². The van der Waals surface area contributed by atoms with Gasteiger partial charge in [0.2, 0.25) is 5.91 Å². The molecule has 0 aromatic heterocycles. The predicted molar refractivity (Wildman–Crippen MR) is 90.0 cm³/mol. The number of carbonyl (C=O) groups excluding carboxylic acids is 2. The Morgan fingerprint density at radius 2 is 1.87 bits per heavy atom. The average Bonchev–Trinajstić information content (AvgIpc) is 2.86. The quantitative estimate of drug-likeness (QED) is 0.927. The van der Waals surface area contributed by atoms with Crippen molar-refractivity contribution >= 4 is 23.2 Å². The SMILES string of the molecule is Cc1ccc(C(=O)Nc2cc3c4c(c2)CC(=O)N4CCC3)cc1. The summed E-state index contributed by atoms with van der Waals surface area (Å²) in [6.07, 6.45) is 2.38. The summed E-state index contributed by atoms with van der Waals surface area (Å²) >= 11 is 0. The molecule has 0 saturated carbocycles. The van der Waals surface area contributed by atoms with Crippen molar-refractivity contribution in [3.8, 4) is 0 Å². The van der Waals surface area contributed by atoms with Crippen LogP contribution in [0, 0.1) is 6.92 Å². The van der Waals surface area contributed by atoms with E-state index in [-0.39, 0.29) is 11.8 Å². The monoisotopic (exact) mass is 306 g/mol. The van der Waals surface area contributed by atoms with Gasteiger partial charge in [-0.2, -0.15) is 0 Å². The zero-order valence-corrected chi connectivity index (χ0v) is 13.1. The molecular formula is C19H18N2O2. The van der Waals surface area contributed by atoms with Crippen molar-refractivity contribution in [3.63, 3.8) is 0 Å². The fraction of sp³-hybridized carbons (Fsp3) is 0.263. The number of nitrogens with one attached hydrogen (secondary N) is 1. The molecule has 2 amide bonds. The molecule has 1 N–H and O–H groups in total. The first-order valence-electron chi connectivity index (χ1n) is 7.96. The minimum Gasteiger partial charge on any atom is -0.322 e. The number of nitrogens with zero attached hydrogens (tertiary/aromatic N) is 1. The van der Waals surface area contributed by atoms with Crippen molar-refractivity contribution in [1.29, 1.82) is 0 Å². The van der Waals surface area contributed by atoms with Crippen molar-refractivity contribution in [1.82, 2.24) is 0 Å². The number of hydrogen-bond donors (Lipinski definition) is 1. The molecule has 0 unspecified atom stereocenters. The van der Waals surface area contributed by atoms with E-state index in [9.17, 15) is 9.59 Å². The Morgan fingerprint density at radius 1 is 1.13 bits per heavy atom. The molecule has 0 spiro atoms. The third-order valence-corrected chi connectivity index (χ3v) is 4.58. The third kappa shape index (κ3) is 2.40. The zero-order valence-electron chi connectivity index (χ0n) is 13.1. The molecule has 4 heteroatoms. The smallest absolute Gasteiger partial charge is 0.255 e. The van der Waals surface area contributed by atoms with Gasteiger partial charge < -0.3 is 10.2 Å². The van der Waals surface area contributed by atoms with Gasteiger partial charge in [-0.1, -0.05) is 17.7 Å². The van der Waals surface area contributed by atoms with Crippen LogP contribution >= 0.6 is 0 Å². The van der Waals surface area contributed by atoms with Gasteiger partial charge >= 0.3 is 0 Å². The molecule has 23 heavy (non-hydrogen) atoms. The number of amides is 2. The molecule has 0 aliphatic carbocycles. The first kappa shape index (κ1) is 14.0. The molecule has 0 bridgehead atoms. The fourth-order valence-corrected chi connectivity index (χ4v) is 3.46. The molecule has 4 nitrogen and oxygen atoms in total. The molecule has 0 fully saturated rings. The Hall–Kier alpha value is -2.62. The lowest BCUT2D eigenvalue weighted by atomic mass is 9.99. The van der Waals surface area contributed by atoms with Crippen LogP contribution in [0.5, 0.6) is 0 Å². The maximum atomic E-state index is 12.4. The third-order valence-electron chi connectivity index (χ3n) is 4.58. The fourth-order valence-electron chi connectivity index (χ4n) is 3.46. The molecule has 0 radical (unpaired) electrons. The van der Waals surface area contributed by atoms with Crippen molar-refractivity contribution in [2.45, 2.75) is 26.2 Å². The Bertz CT molecular complexity index is 809. The summed E-state index contributed by atoms with van der Waals surface area (Å²) in [5.41, 5.74) is 5.82. The lowest BCUT2D eigenvalue weighted by molar-refractivity contribution is -0.117. The second-order valence-electron chi connectivity index (χ2n) is 6.29. The van der Waals surface area contributed by atoms with E-state index >= 15 is 0 Å². The lowest BCUT2D eigenvalue weighted by Gasteiger charge is -2.26. The Balaban J connectivity index is 1.64. The Morgan fingerprint density at radius 3 is 2.65 bits per heavy atom. The normalized spacial score (nSPS) is 15.5. The van der Waals surface area contributed by atoms with Crippen molar-refractivity contribution < 1.29 is 9.59 Å². The van der Waals surface area contributed by atoms with E-state index < -0.39 is 0 Å². The average molecular weight is 306 g/mol. The molecule has 2 aromatic carbocycles. The van der Waals surface area contributed by atoms with Crippen LogP contribution in [0.3, 0.4) is 0 Å². The molecule has 0 saturated heterocycles. The molecule has 2 aromatic rings. The number of rotatable bonds is 2. The molecule has 0 atom stereocenters. The number of carbonyl (C=O) groups is 2. The number of benzene rings is 2. The predicted octanol–water partition coefficient (Wildman–Crippen LogP) is 3.08. The minimum atomic E-state index is -0.117. The summed E-state index contributed by atoms with van der Waals surface area (Å²) in [6.45, 7) is 2.81. The zero-order chi connectivity index (χ0) is 16.0. The lowest BCUT2D eigenvalue weighted by Crippen LogP contribution is -2.31. The van der Waals surface area contributed by atoms with Crippen LogP contribution in [0.15, 0.2) is 36.4 Å². The van der Waals surface area contributed by atoms with Crippen LogP contribution in [0.2, 0.25) is 0 Å². The summed E-state index contributed by atoms with van der Waals surface area (Å²) < 4.78 is 0. The molecule has 4 rings (SSSR count). The van der Waals surface area contributed by atoms with Gasteiger partial charge in [0, 0.05) is 17.8 Å². The largest absolute Gasteiger partial charge is 0.322 e. The highest BCUT2D eigenvalue weighted by molar-refractivity contribution is 6.06. The van der Waals surface area contributed by atoms with Crippen molar-refractivity contribution in [2.75, 3.05) is 16.8 Å². The van der Waals surface area contributed by atoms with E-state index in [2.05, 4.69) is 5.32 Å². The van der Waals surface area contributed by atoms with E-state index in [1.165, 1.54) is 5.56 Å². The highest BCUT2D eigenvalue weighted by Crippen LogP contribution is 2.38. The second-order valence-corrected chi connectivity index (χ2v) is 6.29. The number of aryl methyl sites for hydroxylation is 2. The first-order valence-corrected chi connectivity index (χ1v) is 7.96. The summed E-state index contributed by atoms with van der Waals surface area (Å²) in [4.78, 5) is 26.3. The highest BCUT2D eigenvalue weighted by Gasteiger charge is 2.32. The Labute approximate surface area is 135 Å². The van der Waals surface area contributed by atoms with E-state index in [4.69, 9.17) is 0 Å². The van der Waals surface area contributed by atoms with Crippen LogP contribution < -0.4 is 10.2 Å². The second kappa shape index (κ2) is 5.23. The van der Waals surface area contributed by atoms with Crippen LogP contribution in [0.4, 0.5) is 11.4 Å². The van der Waals surface area contributed by atoms with Crippen LogP contribution in [-0.4, -0.2) is 18.4 Å². The van der Waals surface area contributed by atoms with Crippen LogP contribution in [-0.2, 0) is 17.6 Å². The van der Waals surface area contributed by atoms with Gasteiger partial charge in [0.1, 0.15) is 0 Å². The van der Waals surface area contributed by atoms with E-state index in [1.807, 2.05) is 48.2 Å². The van der Waals surface area contributed by atoms with E-state index in [1.54, 1.807) is 0 Å². The first-order chi connectivity index (χ1) is 11.1.